The summed E-state index contributed by atoms with van der Waals surface area (Å²) in [7, 11) is 0. The minimum absolute atomic E-state index is 0.157. The lowest BCUT2D eigenvalue weighted by Gasteiger charge is -2.36. The molecule has 1 saturated carbocycles. The summed E-state index contributed by atoms with van der Waals surface area (Å²) in [4.78, 5) is 21.0. The molecule has 2 heterocycles. The van der Waals surface area contributed by atoms with Crippen molar-refractivity contribution in [2.75, 3.05) is 26.2 Å². The van der Waals surface area contributed by atoms with Gasteiger partial charge in [-0.05, 0) is 30.0 Å². The number of hydrogen-bond donors (Lipinski definition) is 1. The van der Waals surface area contributed by atoms with E-state index in [0.29, 0.717) is 5.92 Å². The summed E-state index contributed by atoms with van der Waals surface area (Å²) in [5.74, 6) is 0.815. The third-order valence-corrected chi connectivity index (χ3v) is 5.47. The van der Waals surface area contributed by atoms with Gasteiger partial charge in [-0.15, -0.1) is 0 Å². The molecule has 132 valence electrons. The summed E-state index contributed by atoms with van der Waals surface area (Å²) < 4.78 is 0. The summed E-state index contributed by atoms with van der Waals surface area (Å²) in [6, 6.07) is 3.80. The molecule has 1 aliphatic heterocycles. The monoisotopic (exact) mass is 330 g/mol. The van der Waals surface area contributed by atoms with Crippen LogP contribution in [0.4, 0.5) is 0 Å². The van der Waals surface area contributed by atoms with E-state index in [9.17, 15) is 4.79 Å². The summed E-state index contributed by atoms with van der Waals surface area (Å²) in [5.41, 5.74) is 7.50. The normalized spacial score (nSPS) is 21.6. The first-order valence-electron chi connectivity index (χ1n) is 9.38. The Hall–Kier alpha value is -1.46. The van der Waals surface area contributed by atoms with Crippen molar-refractivity contribution in [1.82, 2.24) is 14.8 Å². The van der Waals surface area contributed by atoms with Gasteiger partial charge in [0.05, 0.1) is 6.04 Å². The van der Waals surface area contributed by atoms with Crippen LogP contribution in [0.2, 0.25) is 0 Å². The molecule has 1 aromatic rings. The molecule has 0 aromatic carbocycles. The van der Waals surface area contributed by atoms with E-state index in [-0.39, 0.29) is 11.9 Å². The van der Waals surface area contributed by atoms with Gasteiger partial charge in [-0.3, -0.25) is 14.7 Å². The lowest BCUT2D eigenvalue weighted by atomic mass is 9.84. The van der Waals surface area contributed by atoms with Gasteiger partial charge < -0.3 is 10.6 Å². The largest absolute Gasteiger partial charge is 0.339 e. The standard InChI is InChI=1S/C19H30N4O/c20-18(14-16-4-2-1-3-5-16)19(24)23-12-10-22(11-13-23)15-17-6-8-21-9-7-17/h6-9,16,18H,1-5,10-15,20H2. The Bertz CT molecular complexity index is 507. The van der Waals surface area contributed by atoms with Crippen molar-refractivity contribution in [3.8, 4) is 0 Å². The molecule has 0 radical (unpaired) electrons. The maximum Gasteiger partial charge on any atom is 0.239 e. The lowest BCUT2D eigenvalue weighted by molar-refractivity contribution is -0.134. The van der Waals surface area contributed by atoms with Gasteiger partial charge in [0, 0.05) is 45.1 Å². The van der Waals surface area contributed by atoms with Crippen molar-refractivity contribution in [3.05, 3.63) is 30.1 Å². The van der Waals surface area contributed by atoms with E-state index in [1.807, 2.05) is 17.3 Å². The lowest BCUT2D eigenvalue weighted by Crippen LogP contribution is -2.53. The summed E-state index contributed by atoms with van der Waals surface area (Å²) >= 11 is 0. The predicted octanol–water partition coefficient (Wildman–Crippen LogP) is 2.02. The van der Waals surface area contributed by atoms with Crippen LogP contribution in [-0.2, 0) is 11.3 Å². The van der Waals surface area contributed by atoms with Gasteiger partial charge in [-0.25, -0.2) is 0 Å². The van der Waals surface area contributed by atoms with Gasteiger partial charge in [0.1, 0.15) is 0 Å². The fraction of sp³-hybridized carbons (Fsp3) is 0.684. The smallest absolute Gasteiger partial charge is 0.239 e. The van der Waals surface area contributed by atoms with Crippen LogP contribution in [0.3, 0.4) is 0 Å². The highest BCUT2D eigenvalue weighted by Crippen LogP contribution is 2.27. The number of amides is 1. The zero-order chi connectivity index (χ0) is 16.8. The van der Waals surface area contributed by atoms with Gasteiger partial charge in [-0.2, -0.15) is 0 Å². The van der Waals surface area contributed by atoms with Crippen LogP contribution in [0.15, 0.2) is 24.5 Å². The highest BCUT2D eigenvalue weighted by atomic mass is 16.2. The molecule has 24 heavy (non-hydrogen) atoms. The highest BCUT2D eigenvalue weighted by Gasteiger charge is 2.27. The second-order valence-electron chi connectivity index (χ2n) is 7.30. The van der Waals surface area contributed by atoms with E-state index in [2.05, 4.69) is 22.0 Å². The van der Waals surface area contributed by atoms with Crippen molar-refractivity contribution >= 4 is 5.91 Å². The maximum atomic E-state index is 12.6. The number of piperazine rings is 1. The fourth-order valence-electron chi connectivity index (χ4n) is 3.99. The Morgan fingerprint density at radius 1 is 1.12 bits per heavy atom. The maximum absolute atomic E-state index is 12.6. The van der Waals surface area contributed by atoms with Crippen LogP contribution in [0, 0.1) is 5.92 Å². The molecule has 1 aromatic heterocycles. The van der Waals surface area contributed by atoms with Crippen LogP contribution in [0.25, 0.3) is 0 Å². The van der Waals surface area contributed by atoms with E-state index in [1.54, 1.807) is 0 Å². The van der Waals surface area contributed by atoms with Crippen LogP contribution >= 0.6 is 0 Å². The highest BCUT2D eigenvalue weighted by molar-refractivity contribution is 5.81. The summed E-state index contributed by atoms with van der Waals surface area (Å²) in [6.07, 6.45) is 11.0. The molecule has 0 bridgehead atoms. The number of aromatic nitrogens is 1. The van der Waals surface area contributed by atoms with Crippen molar-refractivity contribution in [3.63, 3.8) is 0 Å². The zero-order valence-electron chi connectivity index (χ0n) is 14.6. The number of carbonyl (C=O) groups is 1. The number of pyridine rings is 1. The van der Waals surface area contributed by atoms with Crippen molar-refractivity contribution in [2.45, 2.75) is 51.1 Å². The molecular weight excluding hydrogens is 300 g/mol. The first kappa shape index (κ1) is 17.4. The van der Waals surface area contributed by atoms with Crippen molar-refractivity contribution < 1.29 is 4.79 Å². The molecule has 2 N–H and O–H groups in total. The van der Waals surface area contributed by atoms with E-state index in [1.165, 1.54) is 37.7 Å². The Kier molecular flexibility index (Phi) is 6.21. The van der Waals surface area contributed by atoms with E-state index in [4.69, 9.17) is 5.73 Å². The zero-order valence-corrected chi connectivity index (χ0v) is 14.6. The van der Waals surface area contributed by atoms with Gasteiger partial charge >= 0.3 is 0 Å². The predicted molar refractivity (Wildman–Crippen MR) is 95.3 cm³/mol. The number of nitrogens with zero attached hydrogens (tertiary/aromatic N) is 3. The Balaban J connectivity index is 1.42. The Morgan fingerprint density at radius 2 is 1.79 bits per heavy atom. The van der Waals surface area contributed by atoms with E-state index in [0.717, 1.165) is 39.1 Å². The third kappa shape index (κ3) is 4.77. The molecule has 1 unspecified atom stereocenters. The van der Waals surface area contributed by atoms with E-state index >= 15 is 0 Å². The molecule has 2 aliphatic rings. The van der Waals surface area contributed by atoms with Crippen molar-refractivity contribution in [1.29, 1.82) is 0 Å². The van der Waals surface area contributed by atoms with Gasteiger partial charge in [0.25, 0.3) is 0 Å². The van der Waals surface area contributed by atoms with Gasteiger partial charge in [0.2, 0.25) is 5.91 Å². The molecule has 0 spiro atoms. The van der Waals surface area contributed by atoms with E-state index < -0.39 is 0 Å². The minimum atomic E-state index is -0.306. The quantitative estimate of drug-likeness (QED) is 0.897. The number of rotatable bonds is 5. The third-order valence-electron chi connectivity index (χ3n) is 5.47. The Morgan fingerprint density at radius 3 is 2.46 bits per heavy atom. The molecule has 1 saturated heterocycles. The average Bonchev–Trinajstić information content (AvgIpc) is 2.63. The average molecular weight is 330 g/mol. The molecule has 1 amide bonds. The molecule has 3 rings (SSSR count). The molecular formula is C19H30N4O. The van der Waals surface area contributed by atoms with Crippen LogP contribution in [-0.4, -0.2) is 52.9 Å². The second-order valence-corrected chi connectivity index (χ2v) is 7.30. The number of carbonyl (C=O) groups excluding carboxylic acids is 1. The van der Waals surface area contributed by atoms with Gasteiger partial charge in [-0.1, -0.05) is 32.1 Å². The molecule has 5 heteroatoms. The first-order valence-corrected chi connectivity index (χ1v) is 9.38. The molecule has 1 aliphatic carbocycles. The van der Waals surface area contributed by atoms with Crippen LogP contribution < -0.4 is 5.73 Å². The molecule has 5 nitrogen and oxygen atoms in total. The second kappa shape index (κ2) is 8.58. The van der Waals surface area contributed by atoms with Crippen LogP contribution in [0.5, 0.6) is 0 Å². The van der Waals surface area contributed by atoms with Crippen molar-refractivity contribution in [2.24, 2.45) is 11.7 Å². The number of nitrogens with two attached hydrogens (primary N) is 1. The first-order chi connectivity index (χ1) is 11.7. The minimum Gasteiger partial charge on any atom is -0.339 e. The molecule has 2 fully saturated rings. The fourth-order valence-corrected chi connectivity index (χ4v) is 3.99. The van der Waals surface area contributed by atoms with Crippen LogP contribution in [0.1, 0.15) is 44.1 Å². The van der Waals surface area contributed by atoms with Gasteiger partial charge in [0.15, 0.2) is 0 Å². The SMILES string of the molecule is NC(CC1CCCCC1)C(=O)N1CCN(Cc2ccncc2)CC1. The Labute approximate surface area is 145 Å². The molecule has 1 atom stereocenters. The summed E-state index contributed by atoms with van der Waals surface area (Å²) in [6.45, 7) is 4.36. The topological polar surface area (TPSA) is 62.5 Å². The summed E-state index contributed by atoms with van der Waals surface area (Å²) in [5, 5.41) is 0. The number of hydrogen-bond acceptors (Lipinski definition) is 4.